The second kappa shape index (κ2) is 4.90. The molecule has 4 nitrogen and oxygen atoms in total. The van der Waals surface area contributed by atoms with Crippen LogP contribution in [0.3, 0.4) is 0 Å². The Balaban J connectivity index is 2.26. The van der Waals surface area contributed by atoms with Crippen LogP contribution >= 0.6 is 0 Å². The normalized spacial score (nSPS) is 12.6. The average molecular weight is 217 g/mol. The van der Waals surface area contributed by atoms with Crippen LogP contribution in [0.1, 0.15) is 25.1 Å². The molecule has 1 N–H and O–H groups in total. The van der Waals surface area contributed by atoms with Gasteiger partial charge in [-0.3, -0.25) is 0 Å². The maximum absolute atomic E-state index is 5.77. The molecule has 4 heteroatoms. The summed E-state index contributed by atoms with van der Waals surface area (Å²) in [5.41, 5.74) is 0.903. The quantitative estimate of drug-likeness (QED) is 0.854. The summed E-state index contributed by atoms with van der Waals surface area (Å²) in [7, 11) is 1.93. The van der Waals surface area contributed by atoms with Crippen LogP contribution in [0, 0.1) is 0 Å². The van der Waals surface area contributed by atoms with Crippen LogP contribution in [0.2, 0.25) is 0 Å². The Morgan fingerprint density at radius 2 is 2.06 bits per heavy atom. The van der Waals surface area contributed by atoms with Crippen LogP contribution in [0.25, 0.3) is 11.3 Å². The molecule has 0 saturated heterocycles. The monoisotopic (exact) mass is 217 g/mol. The molecule has 2 aromatic rings. The van der Waals surface area contributed by atoms with Crippen molar-refractivity contribution in [1.82, 2.24) is 15.3 Å². The van der Waals surface area contributed by atoms with Crippen molar-refractivity contribution in [3.05, 3.63) is 36.6 Å². The first-order valence-corrected chi connectivity index (χ1v) is 5.37. The Kier molecular flexibility index (Phi) is 3.31. The molecule has 0 aromatic carbocycles. The van der Waals surface area contributed by atoms with Gasteiger partial charge in [-0.15, -0.1) is 0 Å². The van der Waals surface area contributed by atoms with Gasteiger partial charge in [-0.1, -0.05) is 6.92 Å². The third kappa shape index (κ3) is 2.12. The van der Waals surface area contributed by atoms with E-state index in [2.05, 4.69) is 22.2 Å². The first-order valence-electron chi connectivity index (χ1n) is 5.37. The predicted octanol–water partition coefficient (Wildman–Crippen LogP) is 2.41. The average Bonchev–Trinajstić information content (AvgIpc) is 2.81. The number of aromatic nitrogens is 2. The molecule has 0 spiro atoms. The first kappa shape index (κ1) is 10.8. The second-order valence-electron chi connectivity index (χ2n) is 3.58. The van der Waals surface area contributed by atoms with Crippen LogP contribution in [-0.2, 0) is 0 Å². The van der Waals surface area contributed by atoms with Gasteiger partial charge in [-0.25, -0.2) is 9.97 Å². The van der Waals surface area contributed by atoms with Crippen LogP contribution < -0.4 is 5.32 Å². The van der Waals surface area contributed by atoms with Crippen LogP contribution in [-0.4, -0.2) is 17.0 Å². The van der Waals surface area contributed by atoms with Crippen molar-refractivity contribution in [2.75, 3.05) is 7.05 Å². The summed E-state index contributed by atoms with van der Waals surface area (Å²) < 4.78 is 5.77. The fraction of sp³-hybridized carbons (Fsp3) is 0.333. The highest BCUT2D eigenvalue weighted by molar-refractivity contribution is 5.54. The Hall–Kier alpha value is -1.68. The minimum Gasteiger partial charge on any atom is -0.459 e. The second-order valence-corrected chi connectivity index (χ2v) is 3.58. The largest absolute Gasteiger partial charge is 0.459 e. The van der Waals surface area contributed by atoms with Crippen molar-refractivity contribution in [2.45, 2.75) is 19.4 Å². The van der Waals surface area contributed by atoms with E-state index < -0.39 is 0 Å². The van der Waals surface area contributed by atoms with Gasteiger partial charge in [0.2, 0.25) is 0 Å². The van der Waals surface area contributed by atoms with E-state index in [0.717, 1.165) is 23.5 Å². The van der Waals surface area contributed by atoms with Crippen molar-refractivity contribution in [1.29, 1.82) is 0 Å². The van der Waals surface area contributed by atoms with Crippen molar-refractivity contribution in [3.63, 3.8) is 0 Å². The molecule has 0 radical (unpaired) electrons. The lowest BCUT2D eigenvalue weighted by molar-refractivity contribution is 0.431. The molecular formula is C12H15N3O. The van der Waals surface area contributed by atoms with Gasteiger partial charge in [-0.2, -0.15) is 0 Å². The summed E-state index contributed by atoms with van der Waals surface area (Å²) in [6.07, 6.45) is 6.00. The van der Waals surface area contributed by atoms with Crippen molar-refractivity contribution < 1.29 is 4.42 Å². The van der Waals surface area contributed by atoms with Crippen LogP contribution in [0.5, 0.6) is 0 Å². The number of hydrogen-bond donors (Lipinski definition) is 1. The predicted molar refractivity (Wildman–Crippen MR) is 61.8 cm³/mol. The van der Waals surface area contributed by atoms with Crippen molar-refractivity contribution in [2.24, 2.45) is 0 Å². The molecule has 0 saturated carbocycles. The molecule has 84 valence electrons. The molecule has 2 aromatic heterocycles. The van der Waals surface area contributed by atoms with E-state index in [-0.39, 0.29) is 6.04 Å². The Bertz CT molecular complexity index is 435. The zero-order chi connectivity index (χ0) is 11.4. The third-order valence-corrected chi connectivity index (χ3v) is 2.57. The van der Waals surface area contributed by atoms with Gasteiger partial charge in [0, 0.05) is 12.4 Å². The number of hydrogen-bond acceptors (Lipinski definition) is 4. The lowest BCUT2D eigenvalue weighted by Crippen LogP contribution is -2.14. The summed E-state index contributed by atoms with van der Waals surface area (Å²) >= 11 is 0. The zero-order valence-electron chi connectivity index (χ0n) is 9.47. The van der Waals surface area contributed by atoms with Gasteiger partial charge in [-0.05, 0) is 25.6 Å². The Morgan fingerprint density at radius 1 is 1.31 bits per heavy atom. The fourth-order valence-corrected chi connectivity index (χ4v) is 1.67. The number of nitrogens with one attached hydrogen (secondary N) is 1. The summed E-state index contributed by atoms with van der Waals surface area (Å²) in [6, 6.07) is 4.21. The maximum Gasteiger partial charge on any atom is 0.137 e. The van der Waals surface area contributed by atoms with E-state index in [1.165, 1.54) is 6.33 Å². The molecular weight excluding hydrogens is 202 g/mol. The molecule has 0 bridgehead atoms. The van der Waals surface area contributed by atoms with E-state index in [0.29, 0.717) is 0 Å². The summed E-state index contributed by atoms with van der Waals surface area (Å²) in [6.45, 7) is 2.12. The molecule has 2 heterocycles. The minimum atomic E-state index is 0.262. The molecule has 0 aliphatic rings. The Labute approximate surface area is 94.7 Å². The number of furan rings is 1. The summed E-state index contributed by atoms with van der Waals surface area (Å²) in [5, 5.41) is 3.21. The highest BCUT2D eigenvalue weighted by atomic mass is 16.3. The minimum absolute atomic E-state index is 0.262. The van der Waals surface area contributed by atoms with Crippen molar-refractivity contribution >= 4 is 0 Å². The van der Waals surface area contributed by atoms with Gasteiger partial charge < -0.3 is 9.73 Å². The lowest BCUT2D eigenvalue weighted by atomic mass is 10.2. The van der Waals surface area contributed by atoms with E-state index in [1.807, 2.05) is 19.2 Å². The standard InChI is InChI=1S/C12H15N3O/c1-3-10(13-2)12-5-4-11(16-12)9-6-14-8-15-7-9/h4-8,10,13H,3H2,1-2H3. The van der Waals surface area contributed by atoms with Gasteiger partial charge >= 0.3 is 0 Å². The van der Waals surface area contributed by atoms with E-state index >= 15 is 0 Å². The molecule has 0 fully saturated rings. The van der Waals surface area contributed by atoms with E-state index in [4.69, 9.17) is 4.42 Å². The van der Waals surface area contributed by atoms with Crippen molar-refractivity contribution in [3.8, 4) is 11.3 Å². The zero-order valence-corrected chi connectivity index (χ0v) is 9.47. The lowest BCUT2D eigenvalue weighted by Gasteiger charge is -2.09. The van der Waals surface area contributed by atoms with Gasteiger partial charge in [0.25, 0.3) is 0 Å². The summed E-state index contributed by atoms with van der Waals surface area (Å²) in [5.74, 6) is 1.76. The molecule has 1 atom stereocenters. The third-order valence-electron chi connectivity index (χ3n) is 2.57. The SMILES string of the molecule is CCC(NC)c1ccc(-c2cncnc2)o1. The molecule has 1 unspecified atom stereocenters. The molecule has 2 rings (SSSR count). The van der Waals surface area contributed by atoms with Gasteiger partial charge in [0.05, 0.1) is 11.6 Å². The molecule has 0 amide bonds. The molecule has 0 aliphatic carbocycles. The van der Waals surface area contributed by atoms with E-state index in [9.17, 15) is 0 Å². The first-order chi connectivity index (χ1) is 7.85. The summed E-state index contributed by atoms with van der Waals surface area (Å²) in [4.78, 5) is 7.94. The highest BCUT2D eigenvalue weighted by Crippen LogP contribution is 2.25. The highest BCUT2D eigenvalue weighted by Gasteiger charge is 2.12. The van der Waals surface area contributed by atoms with Crippen LogP contribution in [0.15, 0.2) is 35.3 Å². The number of nitrogens with zero attached hydrogens (tertiary/aromatic N) is 2. The van der Waals surface area contributed by atoms with Gasteiger partial charge in [0.1, 0.15) is 17.8 Å². The van der Waals surface area contributed by atoms with Crippen LogP contribution in [0.4, 0.5) is 0 Å². The number of rotatable bonds is 4. The smallest absolute Gasteiger partial charge is 0.137 e. The van der Waals surface area contributed by atoms with E-state index in [1.54, 1.807) is 12.4 Å². The maximum atomic E-state index is 5.77. The molecule has 0 aliphatic heterocycles. The molecule has 16 heavy (non-hydrogen) atoms. The Morgan fingerprint density at radius 3 is 2.69 bits per heavy atom. The topological polar surface area (TPSA) is 51.0 Å². The fourth-order valence-electron chi connectivity index (χ4n) is 1.67. The van der Waals surface area contributed by atoms with Gasteiger partial charge in [0.15, 0.2) is 0 Å².